The predicted molar refractivity (Wildman–Crippen MR) is 87.3 cm³/mol. The summed E-state index contributed by atoms with van der Waals surface area (Å²) in [4.78, 5) is 20.2. The molecule has 0 aliphatic rings. The first-order valence-electron chi connectivity index (χ1n) is 7.60. The molecule has 0 spiro atoms. The Kier molecular flexibility index (Phi) is 4.43. The van der Waals surface area contributed by atoms with E-state index < -0.39 is 15.5 Å². The van der Waals surface area contributed by atoms with Crippen LogP contribution in [0.3, 0.4) is 0 Å². The summed E-state index contributed by atoms with van der Waals surface area (Å²) in [5.41, 5.74) is 0.187. The van der Waals surface area contributed by atoms with Crippen molar-refractivity contribution in [3.63, 3.8) is 0 Å². The number of hydrogen-bond acceptors (Lipinski definition) is 6. The number of sulfone groups is 1. The lowest BCUT2D eigenvalue weighted by molar-refractivity contribution is 0.566. The Balaban J connectivity index is 1.98. The van der Waals surface area contributed by atoms with E-state index in [0.717, 1.165) is 17.4 Å². The van der Waals surface area contributed by atoms with Crippen molar-refractivity contribution in [3.8, 4) is 0 Å². The molecule has 0 aliphatic heterocycles. The van der Waals surface area contributed by atoms with Crippen molar-refractivity contribution in [1.29, 1.82) is 0 Å². The van der Waals surface area contributed by atoms with E-state index >= 15 is 0 Å². The second-order valence-corrected chi connectivity index (χ2v) is 7.31. The zero-order valence-electron chi connectivity index (χ0n) is 13.2. The summed E-state index contributed by atoms with van der Waals surface area (Å²) < 4.78 is 27.3. The summed E-state index contributed by atoms with van der Waals surface area (Å²) in [7, 11) is -3.75. The predicted octanol–water partition coefficient (Wildman–Crippen LogP) is 1.06. The first kappa shape index (κ1) is 16.3. The third kappa shape index (κ3) is 3.21. The largest absolute Gasteiger partial charge is 0.353 e. The van der Waals surface area contributed by atoms with E-state index in [2.05, 4.69) is 15.1 Å². The second-order valence-electron chi connectivity index (χ2n) is 5.42. The van der Waals surface area contributed by atoms with Gasteiger partial charge in [0, 0.05) is 6.54 Å². The third-order valence-electron chi connectivity index (χ3n) is 3.54. The Morgan fingerprint density at radius 1 is 1.17 bits per heavy atom. The van der Waals surface area contributed by atoms with E-state index in [9.17, 15) is 13.2 Å². The molecular formula is C15H17N5O3S. The molecule has 3 rings (SSSR count). The van der Waals surface area contributed by atoms with Crippen LogP contribution in [-0.4, -0.2) is 32.6 Å². The van der Waals surface area contributed by atoms with Crippen LogP contribution in [0.25, 0.3) is 5.78 Å². The molecule has 3 aromatic rings. The van der Waals surface area contributed by atoms with Crippen LogP contribution in [-0.2, 0) is 22.1 Å². The highest BCUT2D eigenvalue weighted by Gasteiger charge is 2.22. The molecule has 0 amide bonds. The maximum absolute atomic E-state index is 12.5. The monoisotopic (exact) mass is 347 g/mol. The average Bonchev–Trinajstić information content (AvgIpc) is 3.01. The van der Waals surface area contributed by atoms with Crippen molar-refractivity contribution in [1.82, 2.24) is 24.1 Å². The molecular weight excluding hydrogens is 330 g/mol. The molecule has 0 fully saturated rings. The van der Waals surface area contributed by atoms with Gasteiger partial charge < -0.3 is 0 Å². The Morgan fingerprint density at radius 2 is 1.92 bits per heavy atom. The zero-order chi connectivity index (χ0) is 17.2. The smallest absolute Gasteiger partial charge is 0.282 e. The van der Waals surface area contributed by atoms with Gasteiger partial charge in [-0.2, -0.15) is 4.98 Å². The minimum atomic E-state index is -3.75. The quantitative estimate of drug-likeness (QED) is 0.661. The van der Waals surface area contributed by atoms with Gasteiger partial charge in [-0.05, 0) is 12.0 Å². The van der Waals surface area contributed by atoms with E-state index in [-0.39, 0.29) is 16.7 Å². The molecule has 0 atom stereocenters. The van der Waals surface area contributed by atoms with Gasteiger partial charge in [0.2, 0.25) is 9.84 Å². The van der Waals surface area contributed by atoms with Gasteiger partial charge in [-0.3, -0.25) is 4.57 Å². The van der Waals surface area contributed by atoms with E-state index in [1.54, 1.807) is 24.3 Å². The maximum Gasteiger partial charge on any atom is 0.353 e. The molecule has 0 N–H and O–H groups in total. The van der Waals surface area contributed by atoms with Gasteiger partial charge in [-0.25, -0.2) is 18.2 Å². The maximum atomic E-state index is 12.5. The van der Waals surface area contributed by atoms with E-state index in [1.807, 2.05) is 13.0 Å². The Hall–Kier alpha value is -2.55. The van der Waals surface area contributed by atoms with E-state index in [4.69, 9.17) is 0 Å². The molecule has 0 saturated carbocycles. The van der Waals surface area contributed by atoms with Crippen LogP contribution in [0.15, 0.2) is 46.6 Å². The van der Waals surface area contributed by atoms with Gasteiger partial charge in [0.05, 0.1) is 5.75 Å². The first-order chi connectivity index (χ1) is 11.5. The SMILES string of the molecule is CCCCn1cnc2nc(S(=O)(=O)Cc3ccccc3)nn2c1=O. The van der Waals surface area contributed by atoms with Gasteiger partial charge in [0.1, 0.15) is 6.33 Å². The van der Waals surface area contributed by atoms with Gasteiger partial charge >= 0.3 is 5.69 Å². The Morgan fingerprint density at radius 3 is 2.62 bits per heavy atom. The van der Waals surface area contributed by atoms with Crippen molar-refractivity contribution in [2.24, 2.45) is 0 Å². The summed E-state index contributed by atoms with van der Waals surface area (Å²) in [6, 6.07) is 8.75. The molecule has 126 valence electrons. The van der Waals surface area contributed by atoms with Crippen LogP contribution < -0.4 is 5.69 Å². The number of fused-ring (bicyclic) bond motifs is 1. The van der Waals surface area contributed by atoms with Crippen LogP contribution in [0.5, 0.6) is 0 Å². The summed E-state index contributed by atoms with van der Waals surface area (Å²) in [5, 5.41) is 3.49. The summed E-state index contributed by atoms with van der Waals surface area (Å²) in [5.74, 6) is -0.242. The third-order valence-corrected chi connectivity index (χ3v) is 4.98. The van der Waals surface area contributed by atoms with Gasteiger partial charge in [-0.1, -0.05) is 43.7 Å². The highest BCUT2D eigenvalue weighted by atomic mass is 32.2. The second kappa shape index (κ2) is 6.52. The fourth-order valence-corrected chi connectivity index (χ4v) is 3.45. The van der Waals surface area contributed by atoms with Gasteiger partial charge in [0.15, 0.2) is 0 Å². The lowest BCUT2D eigenvalue weighted by Gasteiger charge is -2.02. The van der Waals surface area contributed by atoms with Crippen molar-refractivity contribution in [2.45, 2.75) is 37.2 Å². The molecule has 0 aliphatic carbocycles. The number of rotatable bonds is 6. The minimum absolute atomic E-state index is 0.0145. The number of nitrogens with zero attached hydrogens (tertiary/aromatic N) is 5. The minimum Gasteiger partial charge on any atom is -0.282 e. The average molecular weight is 347 g/mol. The van der Waals surface area contributed by atoms with Crippen molar-refractivity contribution >= 4 is 15.6 Å². The van der Waals surface area contributed by atoms with Gasteiger partial charge in [-0.15, -0.1) is 9.61 Å². The molecule has 0 bridgehead atoms. The van der Waals surface area contributed by atoms with Crippen LogP contribution in [0.1, 0.15) is 25.3 Å². The number of aromatic nitrogens is 5. The van der Waals surface area contributed by atoms with Crippen LogP contribution in [0.2, 0.25) is 0 Å². The Labute approximate surface area is 138 Å². The number of aryl methyl sites for hydroxylation is 1. The summed E-state index contributed by atoms with van der Waals surface area (Å²) in [6.45, 7) is 2.52. The highest BCUT2D eigenvalue weighted by molar-refractivity contribution is 7.90. The molecule has 1 aromatic carbocycles. The van der Waals surface area contributed by atoms with Crippen molar-refractivity contribution in [2.75, 3.05) is 0 Å². The molecule has 8 nitrogen and oxygen atoms in total. The van der Waals surface area contributed by atoms with Gasteiger partial charge in [0.25, 0.3) is 10.9 Å². The van der Waals surface area contributed by atoms with Crippen LogP contribution >= 0.6 is 0 Å². The molecule has 24 heavy (non-hydrogen) atoms. The first-order valence-corrected chi connectivity index (χ1v) is 9.25. The van der Waals surface area contributed by atoms with Crippen molar-refractivity contribution in [3.05, 3.63) is 52.7 Å². The fourth-order valence-electron chi connectivity index (χ4n) is 2.26. The molecule has 0 unspecified atom stereocenters. The normalized spacial score (nSPS) is 11.9. The highest BCUT2D eigenvalue weighted by Crippen LogP contribution is 2.12. The number of unbranched alkanes of at least 4 members (excludes halogenated alkanes) is 1. The lowest BCUT2D eigenvalue weighted by atomic mass is 10.2. The van der Waals surface area contributed by atoms with Crippen LogP contribution in [0.4, 0.5) is 0 Å². The Bertz CT molecular complexity index is 1010. The topological polar surface area (TPSA) is 99.2 Å². The number of benzene rings is 1. The summed E-state index contributed by atoms with van der Waals surface area (Å²) in [6.07, 6.45) is 3.12. The fraction of sp³-hybridized carbons (Fsp3) is 0.333. The lowest BCUT2D eigenvalue weighted by Crippen LogP contribution is -2.28. The standard InChI is InChI=1S/C15H17N5O3S/c1-2-3-9-19-11-16-13-17-14(18-20(13)15(19)21)24(22,23)10-12-7-5-4-6-8-12/h4-8,11H,2-3,9-10H2,1H3. The molecule has 0 radical (unpaired) electrons. The van der Waals surface area contributed by atoms with Crippen LogP contribution in [0, 0.1) is 0 Å². The zero-order valence-corrected chi connectivity index (χ0v) is 14.0. The molecule has 2 aromatic heterocycles. The summed E-state index contributed by atoms with van der Waals surface area (Å²) >= 11 is 0. The van der Waals surface area contributed by atoms with Crippen molar-refractivity contribution < 1.29 is 8.42 Å². The number of hydrogen-bond donors (Lipinski definition) is 0. The molecule has 2 heterocycles. The molecule has 9 heteroatoms. The van der Waals surface area contributed by atoms with E-state index in [1.165, 1.54) is 10.9 Å². The molecule has 0 saturated heterocycles. The van der Waals surface area contributed by atoms with E-state index in [0.29, 0.717) is 12.1 Å².